The van der Waals surface area contributed by atoms with Gasteiger partial charge in [0.2, 0.25) is 11.8 Å². The third-order valence-corrected chi connectivity index (χ3v) is 4.07. The quantitative estimate of drug-likeness (QED) is 0.766. The van der Waals surface area contributed by atoms with E-state index in [9.17, 15) is 22.8 Å². The first-order chi connectivity index (χ1) is 12.6. The molecule has 0 radical (unpaired) electrons. The summed E-state index contributed by atoms with van der Waals surface area (Å²) in [6.45, 7) is 2.85. The molecule has 2 rings (SSSR count). The number of nitrogens with one attached hydrogen (secondary N) is 1. The average Bonchev–Trinajstić information content (AvgIpc) is 2.57. The first-order valence-electron chi connectivity index (χ1n) is 8.09. The van der Waals surface area contributed by atoms with Crippen molar-refractivity contribution < 1.29 is 22.8 Å². The van der Waals surface area contributed by atoms with Crippen LogP contribution in [0.25, 0.3) is 0 Å². The monoisotopic (exact) mass is 398 g/mol. The number of nitrogens with zero attached hydrogens (tertiary/aromatic N) is 1. The number of halogens is 4. The van der Waals surface area contributed by atoms with E-state index in [2.05, 4.69) is 5.32 Å². The molecule has 2 aromatic rings. The largest absolute Gasteiger partial charge is 0.418 e. The molecule has 1 N–H and O–H groups in total. The number of carbonyl (C=O) groups excluding carboxylic acids is 2. The molecule has 0 aliphatic heterocycles. The molecule has 4 nitrogen and oxygen atoms in total. The lowest BCUT2D eigenvalue weighted by atomic mass is 10.1. The summed E-state index contributed by atoms with van der Waals surface area (Å²) in [7, 11) is 0. The second-order valence-corrected chi connectivity index (χ2v) is 6.43. The Hall–Kier alpha value is -2.54. The molecule has 144 valence electrons. The molecule has 8 heteroatoms. The summed E-state index contributed by atoms with van der Waals surface area (Å²) in [5.74, 6) is -1.02. The fourth-order valence-electron chi connectivity index (χ4n) is 2.49. The highest BCUT2D eigenvalue weighted by Crippen LogP contribution is 2.38. The highest BCUT2D eigenvalue weighted by molar-refractivity contribution is 6.30. The standard InChI is InChI=1S/C19H18ClF3N2O2/c1-12-3-6-15(7-4-12)24-18(27)9-10-25(13(2)26)17-8-5-14(20)11-16(17)19(21,22)23/h3-8,11H,9-10H2,1-2H3,(H,24,27). The van der Waals surface area contributed by atoms with Crippen LogP contribution in [0.5, 0.6) is 0 Å². The zero-order valence-electron chi connectivity index (χ0n) is 14.7. The Bertz CT molecular complexity index is 836. The summed E-state index contributed by atoms with van der Waals surface area (Å²) in [6.07, 6.45) is -4.84. The van der Waals surface area contributed by atoms with E-state index in [1.807, 2.05) is 19.1 Å². The van der Waals surface area contributed by atoms with E-state index in [1.54, 1.807) is 12.1 Å². The minimum atomic E-state index is -4.68. The van der Waals surface area contributed by atoms with Gasteiger partial charge in [0.15, 0.2) is 0 Å². The van der Waals surface area contributed by atoms with Crippen LogP contribution in [0.4, 0.5) is 24.5 Å². The van der Waals surface area contributed by atoms with Crippen molar-refractivity contribution in [2.75, 3.05) is 16.8 Å². The normalized spacial score (nSPS) is 11.2. The molecule has 2 aromatic carbocycles. The lowest BCUT2D eigenvalue weighted by Gasteiger charge is -2.25. The van der Waals surface area contributed by atoms with Crippen LogP contribution in [0.2, 0.25) is 5.02 Å². The first-order valence-corrected chi connectivity index (χ1v) is 8.47. The van der Waals surface area contributed by atoms with E-state index in [0.29, 0.717) is 5.69 Å². The van der Waals surface area contributed by atoms with Gasteiger partial charge in [-0.3, -0.25) is 9.59 Å². The molecule has 0 aliphatic rings. The van der Waals surface area contributed by atoms with Gasteiger partial charge in [0.1, 0.15) is 0 Å². The van der Waals surface area contributed by atoms with E-state index in [1.165, 1.54) is 6.07 Å². The van der Waals surface area contributed by atoms with Crippen LogP contribution in [0.1, 0.15) is 24.5 Å². The number of rotatable bonds is 5. The van der Waals surface area contributed by atoms with Gasteiger partial charge < -0.3 is 10.2 Å². The molecule has 0 heterocycles. The smallest absolute Gasteiger partial charge is 0.326 e. The number of amides is 2. The molecule has 0 aromatic heterocycles. The van der Waals surface area contributed by atoms with Gasteiger partial charge in [-0.2, -0.15) is 13.2 Å². The van der Waals surface area contributed by atoms with Crippen molar-refractivity contribution in [3.05, 3.63) is 58.6 Å². The second kappa shape index (κ2) is 8.43. The number of alkyl halides is 3. The van der Waals surface area contributed by atoms with Crippen LogP contribution in [-0.4, -0.2) is 18.4 Å². The van der Waals surface area contributed by atoms with Crippen molar-refractivity contribution in [2.45, 2.75) is 26.4 Å². The molecule has 0 atom stereocenters. The maximum Gasteiger partial charge on any atom is 0.418 e. The topological polar surface area (TPSA) is 49.4 Å². The van der Waals surface area contributed by atoms with E-state index in [-0.39, 0.29) is 23.7 Å². The summed E-state index contributed by atoms with van der Waals surface area (Å²) < 4.78 is 39.9. The predicted molar refractivity (Wildman–Crippen MR) is 98.9 cm³/mol. The molecular weight excluding hydrogens is 381 g/mol. The van der Waals surface area contributed by atoms with Crippen molar-refractivity contribution in [3.8, 4) is 0 Å². The minimum absolute atomic E-state index is 0.0910. The molecule has 0 saturated carbocycles. The molecule has 0 unspecified atom stereocenters. The zero-order chi connectivity index (χ0) is 20.2. The highest BCUT2D eigenvalue weighted by Gasteiger charge is 2.36. The Labute approximate surface area is 159 Å². The van der Waals surface area contributed by atoms with Gasteiger partial charge in [0, 0.05) is 30.6 Å². The summed E-state index contributed by atoms with van der Waals surface area (Å²) in [4.78, 5) is 24.9. The third kappa shape index (κ3) is 5.72. The zero-order valence-corrected chi connectivity index (χ0v) is 15.5. The lowest BCUT2D eigenvalue weighted by Crippen LogP contribution is -2.33. The van der Waals surface area contributed by atoms with Gasteiger partial charge in [0.25, 0.3) is 0 Å². The number of aryl methyl sites for hydroxylation is 1. The third-order valence-electron chi connectivity index (χ3n) is 3.83. The second-order valence-electron chi connectivity index (χ2n) is 5.99. The number of carbonyl (C=O) groups is 2. The fourth-order valence-corrected chi connectivity index (χ4v) is 2.66. The lowest BCUT2D eigenvalue weighted by molar-refractivity contribution is -0.137. The van der Waals surface area contributed by atoms with E-state index in [4.69, 9.17) is 11.6 Å². The Kier molecular flexibility index (Phi) is 6.49. The van der Waals surface area contributed by atoms with E-state index in [0.717, 1.165) is 29.5 Å². The molecule has 0 fully saturated rings. The van der Waals surface area contributed by atoms with Gasteiger partial charge in [0.05, 0.1) is 11.3 Å². The number of hydrogen-bond acceptors (Lipinski definition) is 2. The molecule has 2 amide bonds. The molecule has 0 aliphatic carbocycles. The van der Waals surface area contributed by atoms with E-state index < -0.39 is 23.6 Å². The summed E-state index contributed by atoms with van der Waals surface area (Å²) in [5, 5.41) is 2.56. The predicted octanol–water partition coefficient (Wildman–Crippen LogP) is 5.05. The summed E-state index contributed by atoms with van der Waals surface area (Å²) in [6, 6.07) is 10.2. The maximum absolute atomic E-state index is 13.3. The molecule has 0 bridgehead atoms. The average molecular weight is 399 g/mol. The number of anilines is 2. The molecular formula is C19H18ClF3N2O2. The van der Waals surface area contributed by atoms with Gasteiger partial charge in [-0.05, 0) is 37.3 Å². The fraction of sp³-hybridized carbons (Fsp3) is 0.263. The van der Waals surface area contributed by atoms with Gasteiger partial charge in [-0.25, -0.2) is 0 Å². The number of hydrogen-bond donors (Lipinski definition) is 1. The Morgan fingerprint density at radius 3 is 2.30 bits per heavy atom. The van der Waals surface area contributed by atoms with Crippen LogP contribution in [0.15, 0.2) is 42.5 Å². The van der Waals surface area contributed by atoms with Crippen LogP contribution in [-0.2, 0) is 15.8 Å². The minimum Gasteiger partial charge on any atom is -0.326 e. The Morgan fingerprint density at radius 1 is 1.11 bits per heavy atom. The van der Waals surface area contributed by atoms with Gasteiger partial charge >= 0.3 is 6.18 Å². The highest BCUT2D eigenvalue weighted by atomic mass is 35.5. The summed E-state index contributed by atoms with van der Waals surface area (Å²) >= 11 is 5.67. The maximum atomic E-state index is 13.3. The molecule has 0 spiro atoms. The van der Waals surface area contributed by atoms with Crippen LogP contribution in [0, 0.1) is 6.92 Å². The summed E-state index contributed by atoms with van der Waals surface area (Å²) in [5.41, 5.74) is 0.243. The molecule has 27 heavy (non-hydrogen) atoms. The first kappa shape index (κ1) is 20.8. The van der Waals surface area contributed by atoms with Crippen LogP contribution < -0.4 is 10.2 Å². The van der Waals surface area contributed by atoms with Crippen molar-refractivity contribution in [2.24, 2.45) is 0 Å². The van der Waals surface area contributed by atoms with Crippen molar-refractivity contribution >= 4 is 34.8 Å². The van der Waals surface area contributed by atoms with Crippen LogP contribution in [0.3, 0.4) is 0 Å². The van der Waals surface area contributed by atoms with E-state index >= 15 is 0 Å². The van der Waals surface area contributed by atoms with Crippen molar-refractivity contribution in [1.29, 1.82) is 0 Å². The van der Waals surface area contributed by atoms with Gasteiger partial charge in [-0.15, -0.1) is 0 Å². The van der Waals surface area contributed by atoms with Crippen LogP contribution >= 0.6 is 11.6 Å². The number of benzene rings is 2. The van der Waals surface area contributed by atoms with Crippen molar-refractivity contribution in [1.82, 2.24) is 0 Å². The Balaban J connectivity index is 2.16. The molecule has 0 saturated heterocycles. The Morgan fingerprint density at radius 2 is 1.74 bits per heavy atom. The van der Waals surface area contributed by atoms with Gasteiger partial charge in [-0.1, -0.05) is 29.3 Å². The SMILES string of the molecule is CC(=O)N(CCC(=O)Nc1ccc(C)cc1)c1ccc(Cl)cc1C(F)(F)F. The van der Waals surface area contributed by atoms with Crippen molar-refractivity contribution in [3.63, 3.8) is 0 Å².